The van der Waals surface area contributed by atoms with E-state index in [-0.39, 0.29) is 11.7 Å². The number of benzene rings is 2. The summed E-state index contributed by atoms with van der Waals surface area (Å²) >= 11 is 0. The fourth-order valence-electron chi connectivity index (χ4n) is 3.10. The molecule has 0 aliphatic carbocycles. The summed E-state index contributed by atoms with van der Waals surface area (Å²) in [6.45, 7) is 2.76. The summed E-state index contributed by atoms with van der Waals surface area (Å²) in [5.41, 5.74) is 3.21. The molecule has 2 heterocycles. The second kappa shape index (κ2) is 6.55. The molecule has 1 saturated heterocycles. The summed E-state index contributed by atoms with van der Waals surface area (Å²) in [7, 11) is 0. The molecule has 0 radical (unpaired) electrons. The molecule has 1 aliphatic rings. The second-order valence-electron chi connectivity index (χ2n) is 6.04. The maximum absolute atomic E-state index is 12.3. The molecular weight excluding hydrogens is 302 g/mol. The Balaban J connectivity index is 1.55. The normalized spacial score (nSPS) is 18.8. The Kier molecular flexibility index (Phi) is 4.11. The number of fused-ring (bicyclic) bond motifs is 1. The van der Waals surface area contributed by atoms with Crippen molar-refractivity contribution in [1.29, 1.82) is 0 Å². The molecule has 0 amide bonds. The van der Waals surface area contributed by atoms with Gasteiger partial charge in [-0.25, -0.2) is 4.98 Å². The van der Waals surface area contributed by atoms with Crippen LogP contribution in [-0.4, -0.2) is 34.6 Å². The summed E-state index contributed by atoms with van der Waals surface area (Å²) < 4.78 is 5.88. The zero-order valence-electron chi connectivity index (χ0n) is 13.3. The van der Waals surface area contributed by atoms with Gasteiger partial charge >= 0.3 is 0 Å². The molecule has 2 aromatic carbocycles. The highest BCUT2D eigenvalue weighted by atomic mass is 16.5. The van der Waals surface area contributed by atoms with Gasteiger partial charge in [-0.3, -0.25) is 9.69 Å². The number of aromatic nitrogens is 2. The Morgan fingerprint density at radius 1 is 1.12 bits per heavy atom. The van der Waals surface area contributed by atoms with E-state index in [0.29, 0.717) is 18.8 Å². The van der Waals surface area contributed by atoms with Crippen molar-refractivity contribution in [3.05, 3.63) is 76.2 Å². The minimum Gasteiger partial charge on any atom is -0.371 e. The van der Waals surface area contributed by atoms with Gasteiger partial charge in [0.05, 0.1) is 23.7 Å². The van der Waals surface area contributed by atoms with Gasteiger partial charge in [0.2, 0.25) is 0 Å². The average molecular weight is 321 g/mol. The van der Waals surface area contributed by atoms with Crippen LogP contribution in [0.5, 0.6) is 0 Å². The number of hydrogen-bond acceptors (Lipinski definition) is 4. The zero-order valence-corrected chi connectivity index (χ0v) is 13.3. The minimum atomic E-state index is -0.114. The Hall–Kier alpha value is -2.50. The van der Waals surface area contributed by atoms with E-state index in [4.69, 9.17) is 4.74 Å². The predicted molar refractivity (Wildman–Crippen MR) is 92.8 cm³/mol. The first-order valence-corrected chi connectivity index (χ1v) is 8.16. The van der Waals surface area contributed by atoms with Gasteiger partial charge in [0.25, 0.3) is 5.56 Å². The number of rotatable bonds is 3. The zero-order chi connectivity index (χ0) is 16.4. The molecule has 5 nitrogen and oxygen atoms in total. The van der Waals surface area contributed by atoms with Gasteiger partial charge in [-0.1, -0.05) is 42.5 Å². The largest absolute Gasteiger partial charge is 0.371 e. The molecule has 1 aliphatic heterocycles. The van der Waals surface area contributed by atoms with Crippen molar-refractivity contribution in [3.8, 4) is 0 Å². The molecular formula is C19H19N3O2. The van der Waals surface area contributed by atoms with E-state index in [1.807, 2.05) is 42.5 Å². The van der Waals surface area contributed by atoms with Crippen molar-refractivity contribution in [2.45, 2.75) is 12.6 Å². The maximum Gasteiger partial charge on any atom is 0.271 e. The fourth-order valence-corrected chi connectivity index (χ4v) is 3.10. The lowest BCUT2D eigenvalue weighted by atomic mass is 10.1. The lowest BCUT2D eigenvalue weighted by Gasteiger charge is -2.32. The van der Waals surface area contributed by atoms with Gasteiger partial charge in [-0.15, -0.1) is 0 Å². The van der Waals surface area contributed by atoms with Gasteiger partial charge in [-0.05, 0) is 17.7 Å². The molecule has 122 valence electrons. The van der Waals surface area contributed by atoms with Crippen LogP contribution in [0.4, 0.5) is 0 Å². The molecule has 24 heavy (non-hydrogen) atoms. The molecule has 0 spiro atoms. The number of nitrogens with zero attached hydrogens (tertiary/aromatic N) is 2. The lowest BCUT2D eigenvalue weighted by Crippen LogP contribution is -2.39. The van der Waals surface area contributed by atoms with Crippen LogP contribution in [0.1, 0.15) is 17.4 Å². The van der Waals surface area contributed by atoms with E-state index in [9.17, 15) is 4.79 Å². The summed E-state index contributed by atoms with van der Waals surface area (Å²) in [5.74, 6) is 0. The van der Waals surface area contributed by atoms with Crippen molar-refractivity contribution < 1.29 is 4.74 Å². The molecule has 5 heteroatoms. The highest BCUT2D eigenvalue weighted by Gasteiger charge is 2.23. The van der Waals surface area contributed by atoms with Crippen LogP contribution < -0.4 is 5.56 Å². The smallest absolute Gasteiger partial charge is 0.271 e. The van der Waals surface area contributed by atoms with Crippen LogP contribution in [0, 0.1) is 0 Å². The van der Waals surface area contributed by atoms with Crippen molar-refractivity contribution in [3.63, 3.8) is 0 Å². The first-order valence-electron chi connectivity index (χ1n) is 8.16. The van der Waals surface area contributed by atoms with Crippen LogP contribution in [0.25, 0.3) is 11.0 Å². The molecule has 1 atom stereocenters. The third kappa shape index (κ3) is 3.09. The molecule has 1 aromatic heterocycles. The van der Waals surface area contributed by atoms with Crippen LogP contribution in [0.3, 0.4) is 0 Å². The Bertz CT molecular complexity index is 892. The van der Waals surface area contributed by atoms with Crippen molar-refractivity contribution in [1.82, 2.24) is 14.9 Å². The Labute approximate surface area is 139 Å². The summed E-state index contributed by atoms with van der Waals surface area (Å²) in [6, 6.07) is 17.8. The monoisotopic (exact) mass is 321 g/mol. The number of ether oxygens (including phenoxy) is 1. The molecule has 4 rings (SSSR count). The van der Waals surface area contributed by atoms with E-state index in [0.717, 1.165) is 24.1 Å². The SMILES string of the molecule is O=c1[nH]c2ccccc2nc1CN1CCO[C@@H](c2ccccc2)C1. The van der Waals surface area contributed by atoms with Crippen molar-refractivity contribution in [2.75, 3.05) is 19.7 Å². The number of aromatic amines is 1. The molecule has 1 N–H and O–H groups in total. The molecule has 0 bridgehead atoms. The van der Waals surface area contributed by atoms with Gasteiger partial charge < -0.3 is 9.72 Å². The standard InChI is InChI=1S/C19H19N3O2/c23-19-17(20-15-8-4-5-9-16(15)21-19)12-22-10-11-24-18(13-22)14-6-2-1-3-7-14/h1-9,18H,10-13H2,(H,21,23)/t18-/m1/s1. The third-order valence-electron chi connectivity index (χ3n) is 4.37. The molecule has 1 fully saturated rings. The van der Waals surface area contributed by atoms with E-state index >= 15 is 0 Å². The van der Waals surface area contributed by atoms with Gasteiger partial charge in [0.1, 0.15) is 5.69 Å². The first-order chi connectivity index (χ1) is 11.8. The minimum absolute atomic E-state index is 0.0412. The highest BCUT2D eigenvalue weighted by Crippen LogP contribution is 2.22. The van der Waals surface area contributed by atoms with E-state index in [2.05, 4.69) is 27.0 Å². The topological polar surface area (TPSA) is 58.2 Å². The van der Waals surface area contributed by atoms with Crippen LogP contribution in [-0.2, 0) is 11.3 Å². The predicted octanol–water partition coefficient (Wildman–Crippen LogP) is 2.50. The highest BCUT2D eigenvalue weighted by molar-refractivity contribution is 5.73. The van der Waals surface area contributed by atoms with Crippen molar-refractivity contribution in [2.24, 2.45) is 0 Å². The molecule has 0 saturated carbocycles. The number of H-pyrrole nitrogens is 1. The van der Waals surface area contributed by atoms with Crippen LogP contribution >= 0.6 is 0 Å². The van der Waals surface area contributed by atoms with E-state index in [1.165, 1.54) is 5.56 Å². The Morgan fingerprint density at radius 2 is 1.92 bits per heavy atom. The van der Waals surface area contributed by atoms with Crippen molar-refractivity contribution >= 4 is 11.0 Å². The third-order valence-corrected chi connectivity index (χ3v) is 4.37. The number of hydrogen-bond donors (Lipinski definition) is 1. The Morgan fingerprint density at radius 3 is 2.79 bits per heavy atom. The fraction of sp³-hybridized carbons (Fsp3) is 0.263. The number of nitrogens with one attached hydrogen (secondary N) is 1. The quantitative estimate of drug-likeness (QED) is 0.805. The summed E-state index contributed by atoms with van der Waals surface area (Å²) in [5, 5.41) is 0. The van der Waals surface area contributed by atoms with E-state index in [1.54, 1.807) is 0 Å². The first kappa shape index (κ1) is 15.1. The lowest BCUT2D eigenvalue weighted by molar-refractivity contribution is -0.0333. The second-order valence-corrected chi connectivity index (χ2v) is 6.04. The molecule has 0 unspecified atom stereocenters. The van der Waals surface area contributed by atoms with Gasteiger partial charge in [0.15, 0.2) is 0 Å². The molecule has 3 aromatic rings. The summed E-state index contributed by atoms with van der Waals surface area (Å²) in [6.07, 6.45) is 0.0412. The number of para-hydroxylation sites is 2. The number of morpholine rings is 1. The van der Waals surface area contributed by atoms with Crippen LogP contribution in [0.2, 0.25) is 0 Å². The maximum atomic E-state index is 12.3. The van der Waals surface area contributed by atoms with E-state index < -0.39 is 0 Å². The van der Waals surface area contributed by atoms with Crippen LogP contribution in [0.15, 0.2) is 59.4 Å². The summed E-state index contributed by atoms with van der Waals surface area (Å²) in [4.78, 5) is 22.0. The van der Waals surface area contributed by atoms with Gasteiger partial charge in [0, 0.05) is 19.6 Å². The average Bonchev–Trinajstić information content (AvgIpc) is 2.63. The van der Waals surface area contributed by atoms with Gasteiger partial charge in [-0.2, -0.15) is 0 Å².